The maximum absolute atomic E-state index is 10.9. The molecule has 0 unspecified atom stereocenters. The first-order valence-electron chi connectivity index (χ1n) is 3.09. The van der Waals surface area contributed by atoms with Gasteiger partial charge in [0.15, 0.2) is 0 Å². The first-order valence-corrected chi connectivity index (χ1v) is 3.09. The fourth-order valence-electron chi connectivity index (χ4n) is 0.575. The van der Waals surface area contributed by atoms with Crippen LogP contribution in [-0.2, 0) is 4.79 Å². The molecule has 0 saturated heterocycles. The monoisotopic (exact) mass is 170 g/mol. The number of amides is 1. The van der Waals surface area contributed by atoms with Gasteiger partial charge in [0.1, 0.15) is 12.8 Å². The van der Waals surface area contributed by atoms with Crippen LogP contribution in [-0.4, -0.2) is 28.7 Å². The van der Waals surface area contributed by atoms with E-state index in [1.807, 2.05) is 0 Å². The second kappa shape index (κ2) is 3.51. The van der Waals surface area contributed by atoms with E-state index in [1.165, 1.54) is 6.20 Å². The van der Waals surface area contributed by atoms with E-state index >= 15 is 0 Å². The molecule has 0 atom stereocenters. The van der Waals surface area contributed by atoms with Gasteiger partial charge in [-0.15, -0.1) is 0 Å². The van der Waals surface area contributed by atoms with Crippen LogP contribution in [0.4, 0.5) is 0 Å². The van der Waals surface area contributed by atoms with Crippen molar-refractivity contribution in [2.24, 2.45) is 0 Å². The summed E-state index contributed by atoms with van der Waals surface area (Å²) in [6.45, 7) is -0.413. The van der Waals surface area contributed by atoms with Crippen LogP contribution >= 0.6 is 0 Å². The van der Waals surface area contributed by atoms with E-state index in [1.54, 1.807) is 0 Å². The third-order valence-corrected chi connectivity index (χ3v) is 1.09. The number of rotatable bonds is 3. The number of nitrogens with one attached hydrogen (secondary N) is 1. The zero-order valence-corrected chi connectivity index (χ0v) is 5.98. The lowest BCUT2D eigenvalue weighted by Crippen LogP contribution is -2.28. The number of aromatic nitrogens is 1. The molecule has 0 spiro atoms. The van der Waals surface area contributed by atoms with Crippen LogP contribution in [0.15, 0.2) is 17.0 Å². The van der Waals surface area contributed by atoms with Gasteiger partial charge in [0.2, 0.25) is 0 Å². The van der Waals surface area contributed by atoms with Crippen molar-refractivity contribution in [3.63, 3.8) is 0 Å². The van der Waals surface area contributed by atoms with Crippen LogP contribution in [0, 0.1) is 0 Å². The third-order valence-electron chi connectivity index (χ3n) is 1.09. The maximum atomic E-state index is 10.9. The summed E-state index contributed by atoms with van der Waals surface area (Å²) in [5.74, 6) is -1.61. The standard InChI is InChI=1S/C6H6N2O4/c9-5(10)2-7-6(11)4-1-8-12-3-4/h1,3H,2H2,(H,7,11)(H,9,10). The summed E-state index contributed by atoms with van der Waals surface area (Å²) in [7, 11) is 0. The molecule has 1 heterocycles. The number of carboxylic acids is 1. The zero-order chi connectivity index (χ0) is 8.97. The molecule has 1 aromatic heterocycles. The van der Waals surface area contributed by atoms with Gasteiger partial charge < -0.3 is 14.9 Å². The van der Waals surface area contributed by atoms with Crippen molar-refractivity contribution in [1.82, 2.24) is 10.5 Å². The van der Waals surface area contributed by atoms with Crippen molar-refractivity contribution in [1.29, 1.82) is 0 Å². The lowest BCUT2D eigenvalue weighted by atomic mass is 10.3. The van der Waals surface area contributed by atoms with Gasteiger partial charge >= 0.3 is 5.97 Å². The molecule has 0 saturated carbocycles. The van der Waals surface area contributed by atoms with E-state index in [-0.39, 0.29) is 5.56 Å². The molecule has 0 bridgehead atoms. The summed E-state index contributed by atoms with van der Waals surface area (Å²) in [4.78, 5) is 21.0. The van der Waals surface area contributed by atoms with Gasteiger partial charge in [-0.1, -0.05) is 5.16 Å². The highest BCUT2D eigenvalue weighted by molar-refractivity contribution is 5.95. The summed E-state index contributed by atoms with van der Waals surface area (Å²) in [6.07, 6.45) is 2.34. The molecule has 12 heavy (non-hydrogen) atoms. The largest absolute Gasteiger partial charge is 0.480 e. The lowest BCUT2D eigenvalue weighted by molar-refractivity contribution is -0.135. The Kier molecular flexibility index (Phi) is 2.42. The van der Waals surface area contributed by atoms with E-state index in [0.717, 1.165) is 6.26 Å². The molecular weight excluding hydrogens is 164 g/mol. The Labute approximate surface area is 67.2 Å². The maximum Gasteiger partial charge on any atom is 0.322 e. The van der Waals surface area contributed by atoms with Crippen LogP contribution in [0.3, 0.4) is 0 Å². The molecule has 1 aromatic rings. The van der Waals surface area contributed by atoms with Crippen LogP contribution in [0.2, 0.25) is 0 Å². The lowest BCUT2D eigenvalue weighted by Gasteiger charge is -1.96. The molecule has 2 N–H and O–H groups in total. The molecule has 0 radical (unpaired) electrons. The molecule has 6 heteroatoms. The second-order valence-corrected chi connectivity index (χ2v) is 1.99. The van der Waals surface area contributed by atoms with Crippen molar-refractivity contribution in [3.8, 4) is 0 Å². The van der Waals surface area contributed by atoms with Gasteiger partial charge in [0, 0.05) is 0 Å². The molecule has 1 amide bonds. The van der Waals surface area contributed by atoms with E-state index in [2.05, 4.69) is 15.0 Å². The molecule has 6 nitrogen and oxygen atoms in total. The van der Waals surface area contributed by atoms with Crippen molar-refractivity contribution in [2.75, 3.05) is 6.54 Å². The van der Waals surface area contributed by atoms with Gasteiger partial charge in [-0.25, -0.2) is 0 Å². The highest BCUT2D eigenvalue weighted by Crippen LogP contribution is 1.94. The van der Waals surface area contributed by atoms with Crippen molar-refractivity contribution in [2.45, 2.75) is 0 Å². The van der Waals surface area contributed by atoms with E-state index in [0.29, 0.717) is 0 Å². The first kappa shape index (κ1) is 8.25. The van der Waals surface area contributed by atoms with Crippen LogP contribution < -0.4 is 5.32 Å². The Bertz CT molecular complexity index is 280. The molecule has 0 aliphatic carbocycles. The molecule has 0 aliphatic heterocycles. The Morgan fingerprint density at radius 3 is 2.92 bits per heavy atom. The molecule has 0 fully saturated rings. The van der Waals surface area contributed by atoms with Crippen molar-refractivity contribution in [3.05, 3.63) is 18.0 Å². The highest BCUT2D eigenvalue weighted by Gasteiger charge is 2.07. The summed E-state index contributed by atoms with van der Waals surface area (Å²) in [5.41, 5.74) is 0.205. The number of carboxylic acid groups (broad SMARTS) is 1. The van der Waals surface area contributed by atoms with Crippen molar-refractivity contribution < 1.29 is 19.2 Å². The smallest absolute Gasteiger partial charge is 0.322 e. The molecular formula is C6H6N2O4. The van der Waals surface area contributed by atoms with Crippen LogP contribution in [0.1, 0.15) is 10.4 Å². The van der Waals surface area contributed by atoms with Gasteiger partial charge in [-0.2, -0.15) is 0 Å². The fourth-order valence-corrected chi connectivity index (χ4v) is 0.575. The molecule has 1 rings (SSSR count). The Morgan fingerprint density at radius 2 is 2.42 bits per heavy atom. The summed E-state index contributed by atoms with van der Waals surface area (Å²) >= 11 is 0. The number of carbonyl (C=O) groups excluding carboxylic acids is 1. The Morgan fingerprint density at radius 1 is 1.67 bits per heavy atom. The topological polar surface area (TPSA) is 92.4 Å². The first-order chi connectivity index (χ1) is 5.70. The Hall–Kier alpha value is -1.85. The summed E-state index contributed by atoms with van der Waals surface area (Å²) in [6, 6.07) is 0. The van der Waals surface area contributed by atoms with Crippen molar-refractivity contribution >= 4 is 11.9 Å². The number of nitrogens with zero attached hydrogens (tertiary/aromatic N) is 1. The second-order valence-electron chi connectivity index (χ2n) is 1.99. The van der Waals surface area contributed by atoms with E-state index in [4.69, 9.17) is 5.11 Å². The minimum absolute atomic E-state index is 0.205. The SMILES string of the molecule is O=C(O)CNC(=O)c1cnoc1. The Balaban J connectivity index is 2.45. The van der Waals surface area contributed by atoms with Gasteiger partial charge in [0.05, 0.1) is 11.8 Å². The normalized spacial score (nSPS) is 9.33. The summed E-state index contributed by atoms with van der Waals surface area (Å²) in [5, 5.41) is 13.6. The number of hydrogen-bond donors (Lipinski definition) is 2. The molecule has 0 aliphatic rings. The van der Waals surface area contributed by atoms with Crippen LogP contribution in [0.5, 0.6) is 0 Å². The zero-order valence-electron chi connectivity index (χ0n) is 5.98. The average Bonchev–Trinajstić information content (AvgIpc) is 2.51. The van der Waals surface area contributed by atoms with E-state index < -0.39 is 18.4 Å². The highest BCUT2D eigenvalue weighted by atomic mass is 16.5. The van der Waals surface area contributed by atoms with E-state index in [9.17, 15) is 9.59 Å². The number of aliphatic carboxylic acids is 1. The number of hydrogen-bond acceptors (Lipinski definition) is 4. The predicted molar refractivity (Wildman–Crippen MR) is 36.5 cm³/mol. The van der Waals surface area contributed by atoms with Gasteiger partial charge in [0.25, 0.3) is 5.91 Å². The molecule has 64 valence electrons. The summed E-state index contributed by atoms with van der Waals surface area (Å²) < 4.78 is 4.38. The predicted octanol–water partition coefficient (Wildman–Crippen LogP) is -0.511. The molecule has 0 aromatic carbocycles. The fraction of sp³-hybridized carbons (Fsp3) is 0.167. The average molecular weight is 170 g/mol. The quantitative estimate of drug-likeness (QED) is 0.637. The van der Waals surface area contributed by atoms with Gasteiger partial charge in [-0.05, 0) is 0 Å². The minimum atomic E-state index is -1.10. The number of carbonyl (C=O) groups is 2. The van der Waals surface area contributed by atoms with Crippen LogP contribution in [0.25, 0.3) is 0 Å². The minimum Gasteiger partial charge on any atom is -0.480 e. The third kappa shape index (κ3) is 2.08. The van der Waals surface area contributed by atoms with Gasteiger partial charge in [-0.3, -0.25) is 9.59 Å².